The van der Waals surface area contributed by atoms with E-state index >= 15 is 0 Å². The van der Waals surface area contributed by atoms with Gasteiger partial charge in [-0.2, -0.15) is 0 Å². The molecule has 0 amide bonds. The molecule has 1 nitrogen and oxygen atoms in total. The maximum absolute atomic E-state index is 5.74. The molecule has 0 fully saturated rings. The fourth-order valence-electron chi connectivity index (χ4n) is 1.38. The van der Waals surface area contributed by atoms with Gasteiger partial charge in [-0.15, -0.1) is 0 Å². The van der Waals surface area contributed by atoms with Crippen molar-refractivity contribution in [1.29, 1.82) is 0 Å². The van der Waals surface area contributed by atoms with Crippen molar-refractivity contribution in [2.45, 2.75) is 40.5 Å². The van der Waals surface area contributed by atoms with Crippen LogP contribution in [0.1, 0.15) is 40.5 Å². The second-order valence-corrected chi connectivity index (χ2v) is 3.66. The first kappa shape index (κ1) is 13.2. The predicted octanol–water partition coefficient (Wildman–Crippen LogP) is 3.58. The molecule has 0 aromatic heterocycles. The van der Waals surface area contributed by atoms with Crippen molar-refractivity contribution in [3.05, 3.63) is 34.9 Å². The first-order valence-corrected chi connectivity index (χ1v) is 5.31. The third-order valence-electron chi connectivity index (χ3n) is 2.60. The van der Waals surface area contributed by atoms with Crippen molar-refractivity contribution in [2.24, 2.45) is 5.73 Å². The van der Waals surface area contributed by atoms with Crippen molar-refractivity contribution in [3.8, 4) is 0 Å². The average Bonchev–Trinajstić information content (AvgIpc) is 2.18. The smallest absolute Gasteiger partial charge is 0.0180 e. The molecule has 0 saturated carbocycles. The Morgan fingerprint density at radius 1 is 1.21 bits per heavy atom. The SMILES string of the molecule is C=C(/C=C(C)\C(CN)=C(/C)CC)CC. The molecule has 0 aliphatic heterocycles. The quantitative estimate of drug-likeness (QED) is 0.663. The lowest BCUT2D eigenvalue weighted by molar-refractivity contribution is 1.01. The minimum absolute atomic E-state index is 0.624. The van der Waals surface area contributed by atoms with Gasteiger partial charge in [0.1, 0.15) is 0 Å². The monoisotopic (exact) mass is 193 g/mol. The third-order valence-corrected chi connectivity index (χ3v) is 2.60. The Labute approximate surface area is 88.4 Å². The van der Waals surface area contributed by atoms with E-state index in [1.165, 1.54) is 16.7 Å². The average molecular weight is 193 g/mol. The van der Waals surface area contributed by atoms with E-state index in [-0.39, 0.29) is 0 Å². The zero-order chi connectivity index (χ0) is 11.1. The second kappa shape index (κ2) is 6.61. The number of rotatable bonds is 5. The summed E-state index contributed by atoms with van der Waals surface area (Å²) in [7, 11) is 0. The van der Waals surface area contributed by atoms with Crippen LogP contribution in [-0.4, -0.2) is 6.54 Å². The zero-order valence-corrected chi connectivity index (χ0v) is 9.98. The first-order valence-electron chi connectivity index (χ1n) is 5.31. The van der Waals surface area contributed by atoms with Crippen molar-refractivity contribution in [2.75, 3.05) is 6.54 Å². The molecule has 0 spiro atoms. The van der Waals surface area contributed by atoms with E-state index in [1.54, 1.807) is 0 Å². The Morgan fingerprint density at radius 3 is 2.14 bits per heavy atom. The summed E-state index contributed by atoms with van der Waals surface area (Å²) in [6, 6.07) is 0. The van der Waals surface area contributed by atoms with E-state index in [9.17, 15) is 0 Å². The molecule has 0 unspecified atom stereocenters. The van der Waals surface area contributed by atoms with Crippen LogP contribution in [-0.2, 0) is 0 Å². The van der Waals surface area contributed by atoms with Crippen LogP contribution >= 0.6 is 0 Å². The van der Waals surface area contributed by atoms with E-state index in [0.717, 1.165) is 18.4 Å². The topological polar surface area (TPSA) is 26.0 Å². The van der Waals surface area contributed by atoms with Gasteiger partial charge in [0.2, 0.25) is 0 Å². The first-order chi connectivity index (χ1) is 6.56. The van der Waals surface area contributed by atoms with Gasteiger partial charge < -0.3 is 5.73 Å². The van der Waals surface area contributed by atoms with Crippen LogP contribution in [0.3, 0.4) is 0 Å². The molecule has 0 aliphatic carbocycles. The Kier molecular flexibility index (Phi) is 6.22. The molecule has 0 atom stereocenters. The van der Waals surface area contributed by atoms with E-state index in [1.807, 2.05) is 0 Å². The molecule has 0 saturated heterocycles. The van der Waals surface area contributed by atoms with Crippen LogP contribution < -0.4 is 5.73 Å². The largest absolute Gasteiger partial charge is 0.326 e. The molecular weight excluding hydrogens is 170 g/mol. The van der Waals surface area contributed by atoms with E-state index in [0.29, 0.717) is 6.54 Å². The number of hydrogen-bond acceptors (Lipinski definition) is 1. The Bertz CT molecular complexity index is 256. The van der Waals surface area contributed by atoms with Crippen molar-refractivity contribution in [3.63, 3.8) is 0 Å². The minimum Gasteiger partial charge on any atom is -0.326 e. The van der Waals surface area contributed by atoms with Gasteiger partial charge in [-0.05, 0) is 37.8 Å². The molecular formula is C13H23N. The third kappa shape index (κ3) is 3.93. The molecule has 0 radical (unpaired) electrons. The normalized spacial score (nSPS) is 13.9. The van der Waals surface area contributed by atoms with Gasteiger partial charge in [-0.25, -0.2) is 0 Å². The van der Waals surface area contributed by atoms with Crippen LogP contribution in [0.15, 0.2) is 34.9 Å². The summed E-state index contributed by atoms with van der Waals surface area (Å²) in [5.74, 6) is 0. The van der Waals surface area contributed by atoms with Gasteiger partial charge >= 0.3 is 0 Å². The van der Waals surface area contributed by atoms with Gasteiger partial charge in [-0.1, -0.05) is 37.6 Å². The molecule has 1 heteroatoms. The molecule has 2 N–H and O–H groups in total. The number of allylic oxidation sites excluding steroid dienone is 3. The zero-order valence-electron chi connectivity index (χ0n) is 9.98. The molecule has 14 heavy (non-hydrogen) atoms. The van der Waals surface area contributed by atoms with Crippen LogP contribution in [0.5, 0.6) is 0 Å². The lowest BCUT2D eigenvalue weighted by Crippen LogP contribution is -2.06. The summed E-state index contributed by atoms with van der Waals surface area (Å²) >= 11 is 0. The maximum Gasteiger partial charge on any atom is 0.0180 e. The van der Waals surface area contributed by atoms with Gasteiger partial charge in [-0.3, -0.25) is 0 Å². The van der Waals surface area contributed by atoms with E-state index in [4.69, 9.17) is 5.73 Å². The van der Waals surface area contributed by atoms with Gasteiger partial charge in [0, 0.05) is 6.54 Å². The van der Waals surface area contributed by atoms with Crippen molar-refractivity contribution >= 4 is 0 Å². The van der Waals surface area contributed by atoms with Crippen molar-refractivity contribution < 1.29 is 0 Å². The summed E-state index contributed by atoms with van der Waals surface area (Å²) in [6.07, 6.45) is 4.21. The van der Waals surface area contributed by atoms with Gasteiger partial charge in [0.25, 0.3) is 0 Å². The van der Waals surface area contributed by atoms with Crippen LogP contribution in [0, 0.1) is 0 Å². The van der Waals surface area contributed by atoms with Crippen molar-refractivity contribution in [1.82, 2.24) is 0 Å². The molecule has 0 aromatic rings. The summed E-state index contributed by atoms with van der Waals surface area (Å²) in [5.41, 5.74) is 10.8. The Morgan fingerprint density at radius 2 is 1.79 bits per heavy atom. The summed E-state index contributed by atoms with van der Waals surface area (Å²) < 4.78 is 0. The van der Waals surface area contributed by atoms with Crippen LogP contribution in [0.4, 0.5) is 0 Å². The number of hydrogen-bond donors (Lipinski definition) is 1. The summed E-state index contributed by atoms with van der Waals surface area (Å²) in [4.78, 5) is 0. The second-order valence-electron chi connectivity index (χ2n) is 3.66. The van der Waals surface area contributed by atoms with E-state index < -0.39 is 0 Å². The summed E-state index contributed by atoms with van der Waals surface area (Å²) in [5, 5.41) is 0. The molecule has 0 heterocycles. The summed E-state index contributed by atoms with van der Waals surface area (Å²) in [6.45, 7) is 13.1. The molecule has 0 rings (SSSR count). The van der Waals surface area contributed by atoms with Gasteiger partial charge in [0.15, 0.2) is 0 Å². The lowest BCUT2D eigenvalue weighted by atomic mass is 9.98. The van der Waals surface area contributed by atoms with E-state index in [2.05, 4.69) is 40.3 Å². The highest BCUT2D eigenvalue weighted by Gasteiger charge is 2.01. The Hall–Kier alpha value is -0.820. The molecule has 0 aromatic carbocycles. The minimum atomic E-state index is 0.624. The standard InChI is InChI=1S/C13H23N/c1-6-10(3)8-12(5)13(9-14)11(4)7-2/h8H,3,6-7,9,14H2,1-2,4-5H3/b12-8-,13-11+. The maximum atomic E-state index is 5.74. The van der Waals surface area contributed by atoms with Crippen LogP contribution in [0.2, 0.25) is 0 Å². The highest BCUT2D eigenvalue weighted by atomic mass is 14.5. The Balaban J connectivity index is 4.88. The molecule has 0 bridgehead atoms. The fourth-order valence-corrected chi connectivity index (χ4v) is 1.38. The highest BCUT2D eigenvalue weighted by Crippen LogP contribution is 2.17. The molecule has 80 valence electrons. The number of nitrogens with two attached hydrogens (primary N) is 1. The lowest BCUT2D eigenvalue weighted by Gasteiger charge is -2.10. The predicted molar refractivity (Wildman–Crippen MR) is 65.2 cm³/mol. The van der Waals surface area contributed by atoms with Gasteiger partial charge in [0.05, 0.1) is 0 Å². The molecule has 0 aliphatic rings. The fraction of sp³-hybridized carbons (Fsp3) is 0.538. The van der Waals surface area contributed by atoms with Crippen LogP contribution in [0.25, 0.3) is 0 Å². The highest BCUT2D eigenvalue weighted by molar-refractivity contribution is 5.38.